The molecule has 0 saturated heterocycles. The first-order chi connectivity index (χ1) is 10.7. The average Bonchev–Trinajstić information content (AvgIpc) is 2.94. The monoisotopic (exact) mass is 479 g/mol. The largest absolute Gasteiger partial charge is 3.00 e. The first-order valence-corrected chi connectivity index (χ1v) is 11.2. The SMILES string of the molecule is CC[Si]1(Cl)c2c(C3=CC=CC3)cc3c([cH-]c4ccccc43)c21.[Cl-].[Cl-].[Zr+3]. The molecule has 0 nitrogen and oxygen atoms in total. The summed E-state index contributed by atoms with van der Waals surface area (Å²) < 4.78 is 0. The van der Waals surface area contributed by atoms with E-state index in [1.807, 2.05) is 0 Å². The van der Waals surface area contributed by atoms with Crippen LogP contribution in [0.15, 0.2) is 54.6 Å². The van der Waals surface area contributed by atoms with E-state index in [1.165, 1.54) is 43.1 Å². The molecule has 0 fully saturated rings. The minimum atomic E-state index is -1.85. The zero-order chi connectivity index (χ0) is 14.9. The molecule has 0 bridgehead atoms. The molecule has 125 valence electrons. The summed E-state index contributed by atoms with van der Waals surface area (Å²) in [6, 6.07) is 14.6. The fourth-order valence-electron chi connectivity index (χ4n) is 4.07. The molecule has 1 aliphatic heterocycles. The van der Waals surface area contributed by atoms with Crippen LogP contribution in [0.3, 0.4) is 0 Å². The molecule has 1 radical (unpaired) electrons. The number of hydrogen-bond donors (Lipinski definition) is 0. The average molecular weight is 482 g/mol. The van der Waals surface area contributed by atoms with Crippen molar-refractivity contribution in [3.05, 3.63) is 60.2 Å². The maximum absolute atomic E-state index is 7.11. The van der Waals surface area contributed by atoms with Crippen LogP contribution in [0, 0.1) is 0 Å². The normalized spacial score (nSPS) is 19.7. The number of allylic oxidation sites excluding steroid dienone is 4. The van der Waals surface area contributed by atoms with Gasteiger partial charge in [0.05, 0.1) is 0 Å². The summed E-state index contributed by atoms with van der Waals surface area (Å²) in [7, 11) is -1.85. The molecule has 2 aliphatic rings. The van der Waals surface area contributed by atoms with Crippen LogP contribution < -0.4 is 35.2 Å². The van der Waals surface area contributed by atoms with Gasteiger partial charge in [-0.25, -0.2) is 0 Å². The zero-order valence-corrected chi connectivity index (χ0v) is 19.5. The Kier molecular flexibility index (Phi) is 6.24. The fraction of sp³-hybridized carbons (Fsp3) is 0.150. The van der Waals surface area contributed by atoms with Crippen LogP contribution in [-0.2, 0) is 26.2 Å². The molecule has 0 N–H and O–H groups in total. The van der Waals surface area contributed by atoms with E-state index in [0.717, 1.165) is 12.5 Å². The second-order valence-corrected chi connectivity index (χ2v) is 11.6. The van der Waals surface area contributed by atoms with Gasteiger partial charge in [-0.1, -0.05) is 59.8 Å². The number of hydrogen-bond acceptors (Lipinski definition) is 0. The Morgan fingerprint density at radius 2 is 1.88 bits per heavy atom. The van der Waals surface area contributed by atoms with Gasteiger partial charge in [0.1, 0.15) is 0 Å². The first kappa shape index (κ1) is 21.1. The van der Waals surface area contributed by atoms with Crippen LogP contribution in [0.5, 0.6) is 0 Å². The van der Waals surface area contributed by atoms with E-state index >= 15 is 0 Å². The standard InChI is InChI=1S/C20H16ClSi.2ClH.Zr/c1-2-22(21)19-16(13-7-3-4-8-13)12-17-15-10-6-5-9-14(15)11-18(17)20(19)22;;;/h3-7,9-12H,2,8H2,1H3;2*1H;/q-1;;;+3/p-2. The fourth-order valence-corrected chi connectivity index (χ4v) is 8.66. The van der Waals surface area contributed by atoms with Crippen molar-refractivity contribution in [1.82, 2.24) is 0 Å². The maximum Gasteiger partial charge on any atom is 3.00 e. The van der Waals surface area contributed by atoms with Gasteiger partial charge in [-0.05, 0) is 23.6 Å². The number of fused-ring (bicyclic) bond motifs is 5. The topological polar surface area (TPSA) is 0 Å². The van der Waals surface area contributed by atoms with Crippen molar-refractivity contribution in [3.63, 3.8) is 0 Å². The molecular formula is C20H16Cl3SiZr. The summed E-state index contributed by atoms with van der Waals surface area (Å²) in [5, 5.41) is 8.52. The summed E-state index contributed by atoms with van der Waals surface area (Å²) in [5.74, 6) is 0. The van der Waals surface area contributed by atoms with Crippen LogP contribution in [-0.4, -0.2) is 7.38 Å². The molecule has 1 aliphatic carbocycles. The minimum Gasteiger partial charge on any atom is -1.00 e. The van der Waals surface area contributed by atoms with Crippen LogP contribution in [0.2, 0.25) is 6.04 Å². The van der Waals surface area contributed by atoms with E-state index in [1.54, 1.807) is 0 Å². The van der Waals surface area contributed by atoms with E-state index in [9.17, 15) is 0 Å². The quantitative estimate of drug-likeness (QED) is 0.242. The van der Waals surface area contributed by atoms with Crippen LogP contribution in [0.4, 0.5) is 0 Å². The van der Waals surface area contributed by atoms with Gasteiger partial charge in [0.25, 0.3) is 0 Å². The van der Waals surface area contributed by atoms with Crippen molar-refractivity contribution in [3.8, 4) is 0 Å². The zero-order valence-electron chi connectivity index (χ0n) is 13.7. The van der Waals surface area contributed by atoms with Crippen molar-refractivity contribution >= 4 is 56.0 Å². The third-order valence-electron chi connectivity index (χ3n) is 5.25. The molecular weight excluding hydrogens is 466 g/mol. The minimum absolute atomic E-state index is 0. The summed E-state index contributed by atoms with van der Waals surface area (Å²) in [6.07, 6.45) is 7.70. The third kappa shape index (κ3) is 2.86. The predicted molar refractivity (Wildman–Crippen MR) is 100 cm³/mol. The van der Waals surface area contributed by atoms with Gasteiger partial charge in [-0.15, -0.1) is 33.7 Å². The van der Waals surface area contributed by atoms with E-state index in [4.69, 9.17) is 11.1 Å². The Bertz CT molecular complexity index is 1020. The van der Waals surface area contributed by atoms with Crippen molar-refractivity contribution in [2.45, 2.75) is 19.4 Å². The van der Waals surface area contributed by atoms with Gasteiger partial charge in [0.15, 0.2) is 7.38 Å². The number of rotatable bonds is 2. The molecule has 3 aromatic rings. The predicted octanol–water partition coefficient (Wildman–Crippen LogP) is -1.31. The Morgan fingerprint density at radius 1 is 1.12 bits per heavy atom. The van der Waals surface area contributed by atoms with Gasteiger partial charge in [0, 0.05) is 0 Å². The second kappa shape index (κ2) is 7.41. The molecule has 0 spiro atoms. The first-order valence-electron chi connectivity index (χ1n) is 7.95. The van der Waals surface area contributed by atoms with Gasteiger partial charge in [-0.2, -0.15) is 11.1 Å². The molecule has 5 rings (SSSR count). The van der Waals surface area contributed by atoms with E-state index < -0.39 is 7.38 Å². The van der Waals surface area contributed by atoms with Crippen LogP contribution in [0.1, 0.15) is 18.9 Å². The van der Waals surface area contributed by atoms with Crippen molar-refractivity contribution < 1.29 is 51.0 Å². The van der Waals surface area contributed by atoms with Gasteiger partial charge >= 0.3 is 26.2 Å². The summed E-state index contributed by atoms with van der Waals surface area (Å²) in [4.78, 5) is 0. The number of benzene rings is 2. The molecule has 3 aromatic carbocycles. The Morgan fingerprint density at radius 3 is 2.56 bits per heavy atom. The van der Waals surface area contributed by atoms with E-state index in [2.05, 4.69) is 61.5 Å². The van der Waals surface area contributed by atoms with E-state index in [0.29, 0.717) is 0 Å². The Labute approximate surface area is 185 Å². The van der Waals surface area contributed by atoms with Crippen molar-refractivity contribution in [2.24, 2.45) is 0 Å². The molecule has 25 heavy (non-hydrogen) atoms. The van der Waals surface area contributed by atoms with Crippen molar-refractivity contribution in [2.75, 3.05) is 0 Å². The summed E-state index contributed by atoms with van der Waals surface area (Å²) in [5.41, 5.74) is 2.86. The number of halogens is 3. The van der Waals surface area contributed by atoms with Gasteiger partial charge < -0.3 is 24.8 Å². The summed E-state index contributed by atoms with van der Waals surface area (Å²) in [6.45, 7) is 2.25. The second-order valence-electron chi connectivity index (χ2n) is 6.35. The molecule has 1 atom stereocenters. The molecule has 0 amide bonds. The van der Waals surface area contributed by atoms with Crippen molar-refractivity contribution in [1.29, 1.82) is 0 Å². The van der Waals surface area contributed by atoms with Gasteiger partial charge in [0.2, 0.25) is 0 Å². The smallest absolute Gasteiger partial charge is 1.00 e. The molecule has 0 aromatic heterocycles. The van der Waals surface area contributed by atoms with Crippen LogP contribution in [0.25, 0.3) is 27.1 Å². The van der Waals surface area contributed by atoms with Crippen LogP contribution >= 0.6 is 11.1 Å². The molecule has 1 heterocycles. The van der Waals surface area contributed by atoms with Gasteiger partial charge in [-0.3, -0.25) is 0 Å². The summed E-state index contributed by atoms with van der Waals surface area (Å²) >= 11 is 7.11. The maximum atomic E-state index is 7.11. The Balaban J connectivity index is 0.000000751. The third-order valence-corrected chi connectivity index (χ3v) is 10.5. The molecule has 5 heteroatoms. The van der Waals surface area contributed by atoms with E-state index in [-0.39, 0.29) is 51.0 Å². The Hall–Kier alpha value is -0.240. The molecule has 0 saturated carbocycles. The molecule has 1 unspecified atom stereocenters.